The highest BCUT2D eigenvalue weighted by atomic mass is 16.5. The van der Waals surface area contributed by atoms with E-state index in [9.17, 15) is 14.4 Å². The quantitative estimate of drug-likeness (QED) is 0.659. The molecule has 6 heteroatoms. The molecule has 1 aliphatic rings. The molecule has 2 rings (SSSR count). The molecular weight excluding hydrogens is 308 g/mol. The summed E-state index contributed by atoms with van der Waals surface area (Å²) < 4.78 is 5.25. The normalized spacial score (nSPS) is 15.8. The fourth-order valence-corrected chi connectivity index (χ4v) is 2.52. The van der Waals surface area contributed by atoms with Crippen molar-refractivity contribution in [1.29, 1.82) is 0 Å². The van der Waals surface area contributed by atoms with Crippen LogP contribution in [0.15, 0.2) is 36.0 Å². The maximum atomic E-state index is 12.3. The minimum Gasteiger partial charge on any atom is -0.448 e. The van der Waals surface area contributed by atoms with Gasteiger partial charge in [0.1, 0.15) is 5.70 Å². The van der Waals surface area contributed by atoms with Crippen LogP contribution in [-0.2, 0) is 19.1 Å². The van der Waals surface area contributed by atoms with E-state index in [-0.39, 0.29) is 17.5 Å². The molecule has 1 aromatic carbocycles. The SMILES string of the molecule is CC(=O)N/C(=C\c1ccccc1)C(=O)O[C@@H](C)C(=O)N1CCCC1. The van der Waals surface area contributed by atoms with Gasteiger partial charge in [0.15, 0.2) is 6.10 Å². The Balaban J connectivity index is 2.08. The van der Waals surface area contributed by atoms with Gasteiger partial charge in [0.25, 0.3) is 5.91 Å². The van der Waals surface area contributed by atoms with Gasteiger partial charge in [-0.3, -0.25) is 9.59 Å². The molecule has 6 nitrogen and oxygen atoms in total. The molecule has 1 fully saturated rings. The Morgan fingerprint density at radius 2 is 1.79 bits per heavy atom. The van der Waals surface area contributed by atoms with Gasteiger partial charge < -0.3 is 15.0 Å². The van der Waals surface area contributed by atoms with Gasteiger partial charge in [-0.1, -0.05) is 30.3 Å². The summed E-state index contributed by atoms with van der Waals surface area (Å²) in [5.74, 6) is -1.32. The van der Waals surface area contributed by atoms with Crippen LogP contribution >= 0.6 is 0 Å². The third-order valence-corrected chi connectivity index (χ3v) is 3.69. The van der Waals surface area contributed by atoms with Gasteiger partial charge in [-0.25, -0.2) is 4.79 Å². The van der Waals surface area contributed by atoms with Crippen LogP contribution in [-0.4, -0.2) is 41.9 Å². The number of nitrogens with one attached hydrogen (secondary N) is 1. The van der Waals surface area contributed by atoms with E-state index in [4.69, 9.17) is 4.74 Å². The van der Waals surface area contributed by atoms with Crippen molar-refractivity contribution in [3.8, 4) is 0 Å². The lowest BCUT2D eigenvalue weighted by Crippen LogP contribution is -2.39. The van der Waals surface area contributed by atoms with Crippen LogP contribution in [0.2, 0.25) is 0 Å². The molecule has 128 valence electrons. The lowest BCUT2D eigenvalue weighted by Gasteiger charge is -2.21. The highest BCUT2D eigenvalue weighted by molar-refractivity contribution is 5.98. The first-order valence-electron chi connectivity index (χ1n) is 8.01. The summed E-state index contributed by atoms with van der Waals surface area (Å²) in [5, 5.41) is 2.46. The number of esters is 1. The molecule has 0 bridgehead atoms. The summed E-state index contributed by atoms with van der Waals surface area (Å²) in [6.07, 6.45) is 2.58. The molecule has 1 N–H and O–H groups in total. The Bertz CT molecular complexity index is 634. The number of hydrogen-bond acceptors (Lipinski definition) is 4. The van der Waals surface area contributed by atoms with Crippen molar-refractivity contribution in [3.05, 3.63) is 41.6 Å². The smallest absolute Gasteiger partial charge is 0.355 e. The van der Waals surface area contributed by atoms with Crippen LogP contribution in [0.1, 0.15) is 32.3 Å². The van der Waals surface area contributed by atoms with Gasteiger partial charge in [0, 0.05) is 20.0 Å². The first-order chi connectivity index (χ1) is 11.5. The van der Waals surface area contributed by atoms with Gasteiger partial charge >= 0.3 is 5.97 Å². The van der Waals surface area contributed by atoms with Crippen molar-refractivity contribution in [2.45, 2.75) is 32.8 Å². The number of rotatable bonds is 5. The molecule has 0 spiro atoms. The standard InChI is InChI=1S/C18H22N2O4/c1-13(17(22)20-10-6-7-11-20)24-18(23)16(19-14(2)21)12-15-8-4-3-5-9-15/h3-5,8-9,12-13H,6-7,10-11H2,1-2H3,(H,19,21)/b16-12-/t13-/m0/s1. The van der Waals surface area contributed by atoms with E-state index in [1.807, 2.05) is 18.2 Å². The van der Waals surface area contributed by atoms with Crippen molar-refractivity contribution in [3.63, 3.8) is 0 Å². The number of benzene rings is 1. The average molecular weight is 330 g/mol. The summed E-state index contributed by atoms with van der Waals surface area (Å²) in [7, 11) is 0. The molecule has 24 heavy (non-hydrogen) atoms. The number of ether oxygens (including phenoxy) is 1. The highest BCUT2D eigenvalue weighted by Crippen LogP contribution is 2.12. The Hall–Kier alpha value is -2.63. The molecule has 0 saturated carbocycles. The highest BCUT2D eigenvalue weighted by Gasteiger charge is 2.27. The molecule has 0 aromatic heterocycles. The first-order valence-corrected chi connectivity index (χ1v) is 8.01. The minimum atomic E-state index is -0.886. The van der Waals surface area contributed by atoms with Crippen molar-refractivity contribution in [2.24, 2.45) is 0 Å². The van der Waals surface area contributed by atoms with Gasteiger partial charge in [-0.15, -0.1) is 0 Å². The Morgan fingerprint density at radius 1 is 1.17 bits per heavy atom. The molecule has 0 unspecified atom stereocenters. The van der Waals surface area contributed by atoms with Crippen molar-refractivity contribution < 1.29 is 19.1 Å². The number of nitrogens with zero attached hydrogens (tertiary/aromatic N) is 1. The third kappa shape index (κ3) is 4.94. The monoisotopic (exact) mass is 330 g/mol. The number of likely N-dealkylation sites (tertiary alicyclic amines) is 1. The summed E-state index contributed by atoms with van der Waals surface area (Å²) in [6, 6.07) is 9.09. The fraction of sp³-hybridized carbons (Fsp3) is 0.389. The lowest BCUT2D eigenvalue weighted by atomic mass is 10.2. The Labute approximate surface area is 141 Å². The van der Waals surface area contributed by atoms with Crippen LogP contribution in [0.25, 0.3) is 6.08 Å². The first kappa shape index (κ1) is 17.7. The van der Waals surface area contributed by atoms with E-state index in [0.717, 1.165) is 18.4 Å². The maximum Gasteiger partial charge on any atom is 0.355 e. The molecule has 0 radical (unpaired) electrons. The van der Waals surface area contributed by atoms with E-state index < -0.39 is 12.1 Å². The predicted molar refractivity (Wildman–Crippen MR) is 89.6 cm³/mol. The molecule has 1 saturated heterocycles. The number of carbonyl (C=O) groups excluding carboxylic acids is 3. The van der Waals surface area contributed by atoms with Gasteiger partial charge in [0.2, 0.25) is 5.91 Å². The number of amides is 2. The molecule has 2 amide bonds. The van der Waals surface area contributed by atoms with Crippen molar-refractivity contribution in [1.82, 2.24) is 10.2 Å². The molecule has 1 heterocycles. The van der Waals surface area contributed by atoms with Crippen LogP contribution in [0, 0.1) is 0 Å². The Kier molecular flexibility index (Phi) is 6.12. The van der Waals surface area contributed by atoms with E-state index in [0.29, 0.717) is 13.1 Å². The largest absolute Gasteiger partial charge is 0.448 e. The second-order valence-electron chi connectivity index (χ2n) is 5.73. The molecule has 0 aliphatic carbocycles. The van der Waals surface area contributed by atoms with Gasteiger partial charge in [-0.2, -0.15) is 0 Å². The fourth-order valence-electron chi connectivity index (χ4n) is 2.52. The van der Waals surface area contributed by atoms with Crippen molar-refractivity contribution >= 4 is 23.9 Å². The summed E-state index contributed by atoms with van der Waals surface area (Å²) in [4.78, 5) is 37.6. The lowest BCUT2D eigenvalue weighted by molar-refractivity contribution is -0.155. The van der Waals surface area contributed by atoms with Crippen LogP contribution in [0.4, 0.5) is 0 Å². The van der Waals surface area contributed by atoms with Gasteiger partial charge in [0.05, 0.1) is 0 Å². The zero-order chi connectivity index (χ0) is 17.5. The topological polar surface area (TPSA) is 75.7 Å². The summed E-state index contributed by atoms with van der Waals surface area (Å²) in [6.45, 7) is 4.25. The zero-order valence-electron chi connectivity index (χ0n) is 14.0. The molecular formula is C18H22N2O4. The molecule has 1 aliphatic heterocycles. The maximum absolute atomic E-state index is 12.3. The van der Waals surface area contributed by atoms with E-state index in [2.05, 4.69) is 5.32 Å². The number of hydrogen-bond donors (Lipinski definition) is 1. The average Bonchev–Trinajstić information content (AvgIpc) is 3.08. The summed E-state index contributed by atoms with van der Waals surface area (Å²) in [5.41, 5.74) is 0.756. The van der Waals surface area contributed by atoms with E-state index >= 15 is 0 Å². The Morgan fingerprint density at radius 3 is 2.38 bits per heavy atom. The minimum absolute atomic E-state index is 0.00905. The zero-order valence-corrected chi connectivity index (χ0v) is 14.0. The second-order valence-corrected chi connectivity index (χ2v) is 5.73. The second kappa shape index (κ2) is 8.29. The van der Waals surface area contributed by atoms with Crippen LogP contribution in [0.5, 0.6) is 0 Å². The number of carbonyl (C=O) groups is 3. The van der Waals surface area contributed by atoms with Crippen molar-refractivity contribution in [2.75, 3.05) is 13.1 Å². The van der Waals surface area contributed by atoms with Gasteiger partial charge in [-0.05, 0) is 31.4 Å². The van der Waals surface area contributed by atoms with Crippen LogP contribution in [0.3, 0.4) is 0 Å². The van der Waals surface area contributed by atoms with Crippen LogP contribution < -0.4 is 5.32 Å². The molecule has 1 aromatic rings. The third-order valence-electron chi connectivity index (χ3n) is 3.69. The molecule has 1 atom stereocenters. The van der Waals surface area contributed by atoms with E-state index in [1.54, 1.807) is 24.0 Å². The summed E-state index contributed by atoms with van der Waals surface area (Å²) >= 11 is 0. The predicted octanol–water partition coefficient (Wildman–Crippen LogP) is 1.72. The van der Waals surface area contributed by atoms with E-state index in [1.165, 1.54) is 13.0 Å².